The van der Waals surface area contributed by atoms with E-state index in [1.807, 2.05) is 0 Å². The van der Waals surface area contributed by atoms with Crippen molar-refractivity contribution in [1.29, 1.82) is 0 Å². The zero-order chi connectivity index (χ0) is 7.56. The summed E-state index contributed by atoms with van der Waals surface area (Å²) in [5, 5.41) is 0.555. The van der Waals surface area contributed by atoms with Crippen molar-refractivity contribution in [1.82, 2.24) is 4.98 Å². The molecule has 0 fully saturated rings. The number of alkyl halides is 1. The first-order valence-corrected chi connectivity index (χ1v) is 3.82. The Morgan fingerprint density at radius 2 is 2.40 bits per heavy atom. The predicted octanol–water partition coefficient (Wildman–Crippen LogP) is 1.70. The van der Waals surface area contributed by atoms with Crippen molar-refractivity contribution >= 4 is 21.6 Å². The number of hydrogen-bond donors (Lipinski definition) is 1. The summed E-state index contributed by atoms with van der Waals surface area (Å²) in [5.74, 6) is -0.401. The summed E-state index contributed by atoms with van der Waals surface area (Å²) in [6.07, 6.45) is 1.15. The van der Waals surface area contributed by atoms with Crippen molar-refractivity contribution < 1.29 is 4.39 Å². The Bertz CT molecular complexity index is 239. The molecule has 0 bridgehead atoms. The normalized spacial score (nSPS) is 9.80. The summed E-state index contributed by atoms with van der Waals surface area (Å²) in [6.45, 7) is 0. The highest BCUT2D eigenvalue weighted by molar-refractivity contribution is 9.08. The Labute approximate surface area is 66.4 Å². The number of nitrogen functional groups attached to an aromatic ring is 1. The summed E-state index contributed by atoms with van der Waals surface area (Å²) in [5.41, 5.74) is 6.45. The van der Waals surface area contributed by atoms with Crippen LogP contribution in [0.15, 0.2) is 12.3 Å². The molecule has 0 spiro atoms. The fraction of sp³-hybridized carbons (Fsp3) is 0.167. The molecule has 0 saturated heterocycles. The zero-order valence-electron chi connectivity index (χ0n) is 5.14. The average molecular weight is 205 g/mol. The number of pyridine rings is 1. The van der Waals surface area contributed by atoms with Gasteiger partial charge in [-0.15, -0.1) is 0 Å². The second-order valence-corrected chi connectivity index (χ2v) is 2.38. The van der Waals surface area contributed by atoms with Gasteiger partial charge in [0.25, 0.3) is 0 Å². The minimum atomic E-state index is -0.401. The molecule has 1 aromatic rings. The van der Waals surface area contributed by atoms with E-state index in [9.17, 15) is 4.39 Å². The van der Waals surface area contributed by atoms with Crippen LogP contribution in [-0.2, 0) is 5.33 Å². The third kappa shape index (κ3) is 1.44. The van der Waals surface area contributed by atoms with Crippen LogP contribution in [0.5, 0.6) is 0 Å². The Morgan fingerprint density at radius 3 is 2.90 bits per heavy atom. The summed E-state index contributed by atoms with van der Waals surface area (Å²) in [7, 11) is 0. The van der Waals surface area contributed by atoms with E-state index in [4.69, 9.17) is 5.73 Å². The maximum absolute atomic E-state index is 12.3. The second-order valence-electron chi connectivity index (χ2n) is 1.82. The number of nitrogens with two attached hydrogens (primary N) is 1. The second kappa shape index (κ2) is 2.96. The first-order valence-electron chi connectivity index (χ1n) is 2.70. The summed E-state index contributed by atoms with van der Waals surface area (Å²) < 4.78 is 12.3. The van der Waals surface area contributed by atoms with Crippen LogP contribution in [-0.4, -0.2) is 4.98 Å². The van der Waals surface area contributed by atoms with Crippen LogP contribution < -0.4 is 5.73 Å². The lowest BCUT2D eigenvalue weighted by molar-refractivity contribution is 0.621. The molecule has 1 aromatic heterocycles. The van der Waals surface area contributed by atoms with Gasteiger partial charge in [-0.05, 0) is 0 Å². The number of hydrogen-bond acceptors (Lipinski definition) is 2. The molecule has 0 aliphatic heterocycles. The quantitative estimate of drug-likeness (QED) is 0.708. The molecule has 0 radical (unpaired) electrons. The van der Waals surface area contributed by atoms with Gasteiger partial charge in [0.15, 0.2) is 0 Å². The van der Waals surface area contributed by atoms with Gasteiger partial charge < -0.3 is 5.73 Å². The Morgan fingerprint density at radius 1 is 1.70 bits per heavy atom. The Balaban J connectivity index is 3.07. The lowest BCUT2D eigenvalue weighted by Gasteiger charge is -1.98. The van der Waals surface area contributed by atoms with Gasteiger partial charge in [0.1, 0.15) is 5.82 Å². The van der Waals surface area contributed by atoms with Crippen LogP contribution in [0, 0.1) is 5.82 Å². The molecule has 1 heterocycles. The van der Waals surface area contributed by atoms with E-state index in [1.54, 1.807) is 0 Å². The van der Waals surface area contributed by atoms with E-state index in [0.29, 0.717) is 16.7 Å². The summed E-state index contributed by atoms with van der Waals surface area (Å²) in [6, 6.07) is 1.25. The van der Waals surface area contributed by atoms with Crippen LogP contribution in [0.1, 0.15) is 5.69 Å². The van der Waals surface area contributed by atoms with Crippen molar-refractivity contribution in [3.8, 4) is 0 Å². The van der Waals surface area contributed by atoms with Crippen LogP contribution >= 0.6 is 15.9 Å². The average Bonchev–Trinajstić information content (AvgIpc) is 1.88. The number of anilines is 1. The fourth-order valence-electron chi connectivity index (χ4n) is 0.595. The first-order chi connectivity index (χ1) is 4.74. The van der Waals surface area contributed by atoms with E-state index >= 15 is 0 Å². The molecule has 2 N–H and O–H groups in total. The van der Waals surface area contributed by atoms with Crippen LogP contribution in [0.2, 0.25) is 0 Å². The molecule has 0 aliphatic rings. The SMILES string of the molecule is Nc1cc(F)cnc1CBr. The van der Waals surface area contributed by atoms with Crippen LogP contribution in [0.3, 0.4) is 0 Å². The molecule has 0 unspecified atom stereocenters. The van der Waals surface area contributed by atoms with Crippen molar-refractivity contribution in [2.45, 2.75) is 5.33 Å². The largest absolute Gasteiger partial charge is 0.397 e. The Hall–Kier alpha value is -0.640. The van der Waals surface area contributed by atoms with Gasteiger partial charge in [0, 0.05) is 11.4 Å². The highest BCUT2D eigenvalue weighted by atomic mass is 79.9. The number of halogens is 2. The molecule has 10 heavy (non-hydrogen) atoms. The lowest BCUT2D eigenvalue weighted by atomic mass is 10.3. The molecule has 0 atom stereocenters. The van der Waals surface area contributed by atoms with Crippen molar-refractivity contribution in [2.24, 2.45) is 0 Å². The minimum absolute atomic E-state index is 0.386. The summed E-state index contributed by atoms with van der Waals surface area (Å²) >= 11 is 3.17. The van der Waals surface area contributed by atoms with E-state index in [-0.39, 0.29) is 0 Å². The van der Waals surface area contributed by atoms with Gasteiger partial charge in [-0.3, -0.25) is 4.98 Å². The molecule has 0 saturated carbocycles. The highest BCUT2D eigenvalue weighted by Crippen LogP contribution is 2.12. The van der Waals surface area contributed by atoms with E-state index in [0.717, 1.165) is 6.20 Å². The fourth-order valence-corrected chi connectivity index (χ4v) is 1.06. The molecular formula is C6H6BrFN2. The van der Waals surface area contributed by atoms with Gasteiger partial charge in [0.05, 0.1) is 17.6 Å². The number of aromatic nitrogens is 1. The smallest absolute Gasteiger partial charge is 0.143 e. The van der Waals surface area contributed by atoms with Gasteiger partial charge in [-0.1, -0.05) is 15.9 Å². The first kappa shape index (κ1) is 7.47. The molecule has 0 aliphatic carbocycles. The molecule has 0 amide bonds. The number of nitrogens with zero attached hydrogens (tertiary/aromatic N) is 1. The maximum Gasteiger partial charge on any atom is 0.143 e. The molecule has 1 rings (SSSR count). The molecule has 0 aromatic carbocycles. The van der Waals surface area contributed by atoms with Gasteiger partial charge >= 0.3 is 0 Å². The molecule has 2 nitrogen and oxygen atoms in total. The highest BCUT2D eigenvalue weighted by Gasteiger charge is 1.98. The topological polar surface area (TPSA) is 38.9 Å². The van der Waals surface area contributed by atoms with Gasteiger partial charge in [0.2, 0.25) is 0 Å². The maximum atomic E-state index is 12.3. The van der Waals surface area contributed by atoms with Gasteiger partial charge in [-0.2, -0.15) is 0 Å². The third-order valence-electron chi connectivity index (χ3n) is 1.10. The third-order valence-corrected chi connectivity index (χ3v) is 1.63. The molecule has 4 heteroatoms. The van der Waals surface area contributed by atoms with Crippen molar-refractivity contribution in [3.63, 3.8) is 0 Å². The zero-order valence-corrected chi connectivity index (χ0v) is 6.73. The number of rotatable bonds is 1. The van der Waals surface area contributed by atoms with E-state index in [2.05, 4.69) is 20.9 Å². The van der Waals surface area contributed by atoms with Crippen molar-refractivity contribution in [2.75, 3.05) is 5.73 Å². The predicted molar refractivity (Wildman–Crippen MR) is 41.2 cm³/mol. The van der Waals surface area contributed by atoms with Gasteiger partial charge in [-0.25, -0.2) is 4.39 Å². The summed E-state index contributed by atoms with van der Waals surface area (Å²) in [4.78, 5) is 3.75. The Kier molecular flexibility index (Phi) is 2.21. The minimum Gasteiger partial charge on any atom is -0.397 e. The molecule has 54 valence electrons. The van der Waals surface area contributed by atoms with Crippen LogP contribution in [0.4, 0.5) is 10.1 Å². The van der Waals surface area contributed by atoms with Crippen LogP contribution in [0.25, 0.3) is 0 Å². The van der Waals surface area contributed by atoms with Crippen molar-refractivity contribution in [3.05, 3.63) is 23.8 Å². The standard InChI is InChI=1S/C6H6BrFN2/c7-2-6-5(9)1-4(8)3-10-6/h1,3H,2,9H2. The molecular weight excluding hydrogens is 199 g/mol. The van der Waals surface area contributed by atoms with E-state index in [1.165, 1.54) is 6.07 Å². The van der Waals surface area contributed by atoms with E-state index < -0.39 is 5.82 Å². The lowest BCUT2D eigenvalue weighted by Crippen LogP contribution is -1.95. The monoisotopic (exact) mass is 204 g/mol.